The third-order valence-electron chi connectivity index (χ3n) is 1.59. The maximum atomic E-state index is 11.1. The van der Waals surface area contributed by atoms with Gasteiger partial charge in [-0.25, -0.2) is 4.79 Å². The average molecular weight is 196 g/mol. The Morgan fingerprint density at radius 3 is 2.71 bits per heavy atom. The summed E-state index contributed by atoms with van der Waals surface area (Å²) in [6.07, 6.45) is 0. The van der Waals surface area contributed by atoms with E-state index in [1.165, 1.54) is 12.1 Å². The number of hydrogen-bond acceptors (Lipinski definition) is 5. The lowest BCUT2D eigenvalue weighted by Crippen LogP contribution is -2.07. The van der Waals surface area contributed by atoms with E-state index in [1.54, 1.807) is 6.92 Å². The number of ether oxygens (including phenoxy) is 1. The predicted molar refractivity (Wildman–Crippen MR) is 47.0 cm³/mol. The van der Waals surface area contributed by atoms with Gasteiger partial charge in [-0.05, 0) is 22.0 Å². The van der Waals surface area contributed by atoms with E-state index in [4.69, 9.17) is 0 Å². The van der Waals surface area contributed by atoms with E-state index in [9.17, 15) is 14.9 Å². The molecule has 0 aliphatic rings. The van der Waals surface area contributed by atoms with E-state index in [2.05, 4.69) is 9.72 Å². The number of carbonyl (C=O) groups excluding carboxylic acids is 1. The predicted octanol–water partition coefficient (Wildman–Crippen LogP) is 1.08. The molecule has 6 nitrogen and oxygen atoms in total. The number of esters is 1. The smallest absolute Gasteiger partial charge is 0.378 e. The van der Waals surface area contributed by atoms with Crippen molar-refractivity contribution in [2.45, 2.75) is 6.92 Å². The van der Waals surface area contributed by atoms with Crippen molar-refractivity contribution in [3.05, 3.63) is 33.5 Å². The number of pyridine rings is 1. The van der Waals surface area contributed by atoms with Crippen molar-refractivity contribution in [2.75, 3.05) is 7.11 Å². The molecule has 14 heavy (non-hydrogen) atoms. The molecule has 0 unspecified atom stereocenters. The van der Waals surface area contributed by atoms with Crippen molar-refractivity contribution in [3.63, 3.8) is 0 Å². The lowest BCUT2D eigenvalue weighted by Gasteiger charge is -2.00. The van der Waals surface area contributed by atoms with Gasteiger partial charge in [0, 0.05) is 6.92 Å². The highest BCUT2D eigenvalue weighted by Crippen LogP contribution is 2.16. The first-order valence-electron chi connectivity index (χ1n) is 3.76. The van der Waals surface area contributed by atoms with Gasteiger partial charge in [0.1, 0.15) is 5.69 Å². The molecule has 0 saturated carbocycles. The van der Waals surface area contributed by atoms with E-state index in [0.29, 0.717) is 5.69 Å². The van der Waals surface area contributed by atoms with Gasteiger partial charge in [0.25, 0.3) is 0 Å². The normalized spacial score (nSPS) is 9.57. The number of nitrogens with zero attached hydrogens (tertiary/aromatic N) is 2. The second kappa shape index (κ2) is 3.82. The van der Waals surface area contributed by atoms with Gasteiger partial charge in [-0.1, -0.05) is 0 Å². The van der Waals surface area contributed by atoms with Gasteiger partial charge >= 0.3 is 11.8 Å². The summed E-state index contributed by atoms with van der Waals surface area (Å²) in [7, 11) is 1.16. The quantitative estimate of drug-likeness (QED) is 0.401. The summed E-state index contributed by atoms with van der Waals surface area (Å²) < 4.78 is 4.38. The van der Waals surface area contributed by atoms with Gasteiger partial charge < -0.3 is 14.9 Å². The highest BCUT2D eigenvalue weighted by atomic mass is 16.6. The molecule has 0 N–H and O–H groups in total. The lowest BCUT2D eigenvalue weighted by atomic mass is 10.2. The highest BCUT2D eigenvalue weighted by molar-refractivity contribution is 5.92. The molecule has 6 heteroatoms. The van der Waals surface area contributed by atoms with Crippen LogP contribution in [0.15, 0.2) is 12.1 Å². The SMILES string of the molecule is COC(=O)c1ccc(C)nc1[N+](=O)[O-]. The van der Waals surface area contributed by atoms with Crippen molar-refractivity contribution in [3.8, 4) is 0 Å². The molecule has 0 radical (unpaired) electrons. The zero-order chi connectivity index (χ0) is 10.7. The molecule has 1 aromatic heterocycles. The first-order chi connectivity index (χ1) is 6.56. The Balaban J connectivity index is 3.28. The van der Waals surface area contributed by atoms with Crippen LogP contribution < -0.4 is 0 Å². The molecule has 0 spiro atoms. The number of carbonyl (C=O) groups is 1. The molecule has 0 fully saturated rings. The van der Waals surface area contributed by atoms with Crippen molar-refractivity contribution in [2.24, 2.45) is 0 Å². The molecule has 1 aromatic rings. The largest absolute Gasteiger partial charge is 0.465 e. The molecular formula is C8H8N2O4. The minimum absolute atomic E-state index is 0.136. The molecule has 0 aliphatic carbocycles. The molecule has 0 atom stereocenters. The van der Waals surface area contributed by atoms with E-state index in [1.807, 2.05) is 0 Å². The van der Waals surface area contributed by atoms with Crippen LogP contribution in [0.1, 0.15) is 16.1 Å². The van der Waals surface area contributed by atoms with Gasteiger partial charge in [0.15, 0.2) is 5.56 Å². The van der Waals surface area contributed by atoms with E-state index in [-0.39, 0.29) is 5.56 Å². The minimum Gasteiger partial charge on any atom is -0.465 e. The summed E-state index contributed by atoms with van der Waals surface area (Å²) in [5.41, 5.74) is 0.340. The Bertz CT molecular complexity index is 389. The van der Waals surface area contributed by atoms with Gasteiger partial charge in [0.2, 0.25) is 0 Å². The number of aromatic nitrogens is 1. The molecule has 0 bridgehead atoms. The molecule has 74 valence electrons. The molecule has 0 aromatic carbocycles. The molecule has 0 aliphatic heterocycles. The van der Waals surface area contributed by atoms with Crippen molar-refractivity contribution in [1.82, 2.24) is 4.98 Å². The van der Waals surface area contributed by atoms with E-state index >= 15 is 0 Å². The highest BCUT2D eigenvalue weighted by Gasteiger charge is 2.22. The van der Waals surface area contributed by atoms with Crippen LogP contribution in [0.3, 0.4) is 0 Å². The summed E-state index contributed by atoms with van der Waals surface area (Å²) in [5, 5.41) is 10.5. The van der Waals surface area contributed by atoms with Crippen molar-refractivity contribution in [1.29, 1.82) is 0 Å². The standard InChI is InChI=1S/C8H8N2O4/c1-5-3-4-6(8(11)14-2)7(9-5)10(12)13/h3-4H,1-2H3. The number of nitro groups is 1. The molecule has 1 rings (SSSR count). The molecule has 0 amide bonds. The number of rotatable bonds is 2. The average Bonchev–Trinajstić information content (AvgIpc) is 2.16. The number of methoxy groups -OCH3 is 1. The van der Waals surface area contributed by atoms with Crippen molar-refractivity contribution >= 4 is 11.8 Å². The zero-order valence-corrected chi connectivity index (χ0v) is 7.68. The Morgan fingerprint density at radius 1 is 1.57 bits per heavy atom. The summed E-state index contributed by atoms with van der Waals surface area (Å²) in [5.74, 6) is -1.24. The fraction of sp³-hybridized carbons (Fsp3) is 0.250. The Labute approximate surface area is 79.7 Å². The minimum atomic E-state index is -0.760. The molecule has 1 heterocycles. The van der Waals surface area contributed by atoms with Crippen LogP contribution in [0.4, 0.5) is 5.82 Å². The first kappa shape index (κ1) is 10.1. The maximum Gasteiger partial charge on any atom is 0.378 e. The lowest BCUT2D eigenvalue weighted by molar-refractivity contribution is -0.390. The van der Waals surface area contributed by atoms with Crippen LogP contribution in [0.2, 0.25) is 0 Å². The summed E-state index contributed by atoms with van der Waals surface area (Å²) in [6, 6.07) is 2.84. The number of hydrogen-bond donors (Lipinski definition) is 0. The topological polar surface area (TPSA) is 82.3 Å². The second-order valence-electron chi connectivity index (χ2n) is 2.57. The van der Waals surface area contributed by atoms with E-state index in [0.717, 1.165) is 7.11 Å². The maximum absolute atomic E-state index is 11.1. The van der Waals surface area contributed by atoms with Crippen LogP contribution in [-0.2, 0) is 4.74 Å². The van der Waals surface area contributed by atoms with Crippen LogP contribution in [0, 0.1) is 17.0 Å². The third kappa shape index (κ3) is 1.85. The Morgan fingerprint density at radius 2 is 2.21 bits per heavy atom. The van der Waals surface area contributed by atoms with Crippen LogP contribution in [0.5, 0.6) is 0 Å². The summed E-state index contributed by atoms with van der Waals surface area (Å²) in [4.78, 5) is 24.5. The van der Waals surface area contributed by atoms with Gasteiger partial charge in [-0.3, -0.25) is 0 Å². The fourth-order valence-corrected chi connectivity index (χ4v) is 0.951. The molecular weight excluding hydrogens is 188 g/mol. The monoisotopic (exact) mass is 196 g/mol. The molecule has 0 saturated heterocycles. The first-order valence-corrected chi connectivity index (χ1v) is 3.76. The third-order valence-corrected chi connectivity index (χ3v) is 1.59. The Hall–Kier alpha value is -1.98. The fourth-order valence-electron chi connectivity index (χ4n) is 0.951. The van der Waals surface area contributed by atoms with Crippen molar-refractivity contribution < 1.29 is 14.5 Å². The van der Waals surface area contributed by atoms with Crippen LogP contribution >= 0.6 is 0 Å². The van der Waals surface area contributed by atoms with Crippen LogP contribution in [0.25, 0.3) is 0 Å². The summed E-state index contributed by atoms with van der Waals surface area (Å²) in [6.45, 7) is 1.61. The zero-order valence-electron chi connectivity index (χ0n) is 7.68. The summed E-state index contributed by atoms with van der Waals surface area (Å²) >= 11 is 0. The van der Waals surface area contributed by atoms with Crippen LogP contribution in [-0.4, -0.2) is 23.0 Å². The van der Waals surface area contributed by atoms with Gasteiger partial charge in [-0.15, -0.1) is 0 Å². The van der Waals surface area contributed by atoms with Gasteiger partial charge in [-0.2, -0.15) is 0 Å². The second-order valence-corrected chi connectivity index (χ2v) is 2.57. The Kier molecular flexibility index (Phi) is 2.76. The van der Waals surface area contributed by atoms with E-state index < -0.39 is 16.7 Å². The van der Waals surface area contributed by atoms with Gasteiger partial charge in [0.05, 0.1) is 7.11 Å². The number of aryl methyl sites for hydroxylation is 1.